The van der Waals surface area contributed by atoms with Crippen molar-refractivity contribution in [1.82, 2.24) is 24.6 Å². The Morgan fingerprint density at radius 3 is 2.81 bits per heavy atom. The summed E-state index contributed by atoms with van der Waals surface area (Å²) in [6.07, 6.45) is 7.10. The molecule has 5 rings (SSSR count). The number of aryl methyl sites for hydroxylation is 1. The molecule has 10 nitrogen and oxygen atoms in total. The molecule has 1 saturated carbocycles. The zero-order chi connectivity index (χ0) is 21.4. The van der Waals surface area contributed by atoms with Gasteiger partial charge in [0.15, 0.2) is 0 Å². The lowest BCUT2D eigenvalue weighted by atomic mass is 10.1. The smallest absolute Gasteiger partial charge is 0.260 e. The number of furan rings is 1. The topological polar surface area (TPSA) is 110 Å². The van der Waals surface area contributed by atoms with Crippen molar-refractivity contribution in [2.24, 2.45) is 0 Å². The first-order chi connectivity index (χ1) is 15.0. The minimum absolute atomic E-state index is 0.0157. The maximum Gasteiger partial charge on any atom is 0.260 e. The van der Waals surface area contributed by atoms with Crippen LogP contribution in [0.1, 0.15) is 35.9 Å². The molecule has 1 amide bonds. The number of nitrogens with one attached hydrogen (secondary N) is 2. The quantitative estimate of drug-likeness (QED) is 0.593. The molecule has 1 saturated heterocycles. The fourth-order valence-corrected chi connectivity index (χ4v) is 3.82. The van der Waals surface area contributed by atoms with Gasteiger partial charge >= 0.3 is 0 Å². The van der Waals surface area contributed by atoms with E-state index in [1.807, 2.05) is 10.9 Å². The van der Waals surface area contributed by atoms with Crippen molar-refractivity contribution in [1.29, 1.82) is 0 Å². The molecule has 0 spiro atoms. The van der Waals surface area contributed by atoms with Crippen LogP contribution in [0.25, 0.3) is 11.1 Å². The maximum absolute atomic E-state index is 13.1. The third kappa shape index (κ3) is 4.26. The van der Waals surface area contributed by atoms with E-state index in [1.54, 1.807) is 13.1 Å². The van der Waals surface area contributed by atoms with E-state index < -0.39 is 0 Å². The summed E-state index contributed by atoms with van der Waals surface area (Å²) < 4.78 is 13.0. The number of fused-ring (bicyclic) bond motifs is 1. The zero-order valence-electron chi connectivity index (χ0n) is 17.8. The second-order valence-corrected chi connectivity index (χ2v) is 8.52. The summed E-state index contributed by atoms with van der Waals surface area (Å²) in [5.74, 6) is 0.882. The molecule has 2 fully saturated rings. The molecule has 164 valence electrons. The van der Waals surface area contributed by atoms with Crippen molar-refractivity contribution in [2.45, 2.75) is 38.8 Å². The lowest BCUT2D eigenvalue weighted by molar-refractivity contribution is 0.0360. The predicted molar refractivity (Wildman–Crippen MR) is 115 cm³/mol. The Kier molecular flexibility index (Phi) is 5.11. The third-order valence-corrected chi connectivity index (χ3v) is 5.95. The summed E-state index contributed by atoms with van der Waals surface area (Å²) in [5, 5.41) is 11.4. The van der Waals surface area contributed by atoms with E-state index in [4.69, 9.17) is 9.15 Å². The fraction of sp³-hybridized carbons (Fsp3) is 0.524. The average Bonchev–Trinajstić information content (AvgIpc) is 3.16. The molecule has 3 aromatic heterocycles. The molecule has 1 aliphatic heterocycles. The lowest BCUT2D eigenvalue weighted by Crippen LogP contribution is -2.38. The van der Waals surface area contributed by atoms with Crippen LogP contribution in [0.3, 0.4) is 0 Å². The molecule has 2 aliphatic rings. The third-order valence-electron chi connectivity index (χ3n) is 5.95. The van der Waals surface area contributed by atoms with Gasteiger partial charge in [-0.05, 0) is 26.7 Å². The number of morpholine rings is 1. The summed E-state index contributed by atoms with van der Waals surface area (Å²) in [6.45, 7) is 8.99. The molecule has 2 N–H and O–H groups in total. The average molecular weight is 425 g/mol. The number of nitrogens with zero attached hydrogens (tertiary/aromatic N) is 5. The highest BCUT2D eigenvalue weighted by Gasteiger charge is 2.38. The van der Waals surface area contributed by atoms with Gasteiger partial charge in [0, 0.05) is 31.4 Å². The molecule has 4 heterocycles. The molecule has 10 heteroatoms. The molecular weight excluding hydrogens is 398 g/mol. The monoisotopic (exact) mass is 425 g/mol. The van der Waals surface area contributed by atoms with Crippen molar-refractivity contribution >= 4 is 28.5 Å². The van der Waals surface area contributed by atoms with Crippen molar-refractivity contribution in [3.05, 3.63) is 30.0 Å². The van der Waals surface area contributed by atoms with Crippen LogP contribution >= 0.6 is 0 Å². The van der Waals surface area contributed by atoms with Gasteiger partial charge in [-0.15, -0.1) is 0 Å². The van der Waals surface area contributed by atoms with Crippen LogP contribution in [0.5, 0.6) is 0 Å². The molecule has 0 bridgehead atoms. The molecule has 0 unspecified atom stereocenters. The van der Waals surface area contributed by atoms with Crippen LogP contribution in [0, 0.1) is 6.92 Å². The van der Waals surface area contributed by atoms with Gasteiger partial charge in [0.05, 0.1) is 42.6 Å². The summed E-state index contributed by atoms with van der Waals surface area (Å²) >= 11 is 0. The van der Waals surface area contributed by atoms with Gasteiger partial charge in [0.2, 0.25) is 5.71 Å². The molecule has 0 radical (unpaired) electrons. The van der Waals surface area contributed by atoms with Gasteiger partial charge < -0.3 is 19.8 Å². The molecule has 0 atom stereocenters. The van der Waals surface area contributed by atoms with Gasteiger partial charge in [-0.2, -0.15) is 5.10 Å². The highest BCUT2D eigenvalue weighted by Crippen LogP contribution is 2.40. The molecular formula is C21H27N7O3. The number of carbonyl (C=O) groups is 1. The van der Waals surface area contributed by atoms with Crippen molar-refractivity contribution in [3.8, 4) is 0 Å². The number of rotatable bonds is 7. The first-order valence-corrected chi connectivity index (χ1v) is 10.7. The number of hydrogen-bond acceptors (Lipinski definition) is 8. The Hall–Kier alpha value is -2.98. The van der Waals surface area contributed by atoms with E-state index in [2.05, 4.69) is 37.5 Å². The molecule has 3 aromatic rings. The van der Waals surface area contributed by atoms with Crippen LogP contribution in [0.2, 0.25) is 0 Å². The summed E-state index contributed by atoms with van der Waals surface area (Å²) in [4.78, 5) is 24.1. The SMILES string of the molecule is Cc1oc2ncnc(NC3(C)CC3)c2c1C(=O)Nc1cnn(CCN2CCOCC2)c1. The van der Waals surface area contributed by atoms with Gasteiger partial charge in [0.25, 0.3) is 5.91 Å². The molecule has 31 heavy (non-hydrogen) atoms. The highest BCUT2D eigenvalue weighted by molar-refractivity contribution is 6.15. The Labute approximate surface area is 180 Å². The minimum Gasteiger partial charge on any atom is -0.442 e. The van der Waals surface area contributed by atoms with E-state index in [0.29, 0.717) is 33.9 Å². The van der Waals surface area contributed by atoms with Crippen molar-refractivity contribution in [2.75, 3.05) is 43.5 Å². The summed E-state index contributed by atoms with van der Waals surface area (Å²) in [6, 6.07) is 0. The number of aromatic nitrogens is 4. The fourth-order valence-electron chi connectivity index (χ4n) is 3.82. The van der Waals surface area contributed by atoms with Crippen LogP contribution in [0.15, 0.2) is 23.1 Å². The van der Waals surface area contributed by atoms with Gasteiger partial charge in [0.1, 0.15) is 17.9 Å². The first-order valence-electron chi connectivity index (χ1n) is 10.7. The Morgan fingerprint density at radius 2 is 2.03 bits per heavy atom. The van der Waals surface area contributed by atoms with E-state index in [9.17, 15) is 4.79 Å². The number of anilines is 2. The molecule has 0 aromatic carbocycles. The van der Waals surface area contributed by atoms with E-state index >= 15 is 0 Å². The Morgan fingerprint density at radius 1 is 1.23 bits per heavy atom. The second kappa shape index (κ2) is 7.93. The minimum atomic E-state index is -0.261. The normalized spacial score (nSPS) is 18.3. The lowest BCUT2D eigenvalue weighted by Gasteiger charge is -2.26. The van der Waals surface area contributed by atoms with E-state index in [0.717, 1.165) is 52.2 Å². The van der Waals surface area contributed by atoms with Crippen LogP contribution in [0.4, 0.5) is 11.5 Å². The van der Waals surface area contributed by atoms with Crippen molar-refractivity contribution < 1.29 is 13.9 Å². The second-order valence-electron chi connectivity index (χ2n) is 8.52. The van der Waals surface area contributed by atoms with Crippen LogP contribution < -0.4 is 10.6 Å². The standard InChI is InChI=1S/C21H27N7O3/c1-14-16(17-18(26-21(2)3-4-21)22-13-23-20(17)31-14)19(29)25-15-11-24-28(12-15)6-5-27-7-9-30-10-8-27/h11-13H,3-10H2,1-2H3,(H,25,29)(H,22,23,26). The Bertz CT molecular complexity index is 1100. The van der Waals surface area contributed by atoms with E-state index in [-0.39, 0.29) is 11.4 Å². The summed E-state index contributed by atoms with van der Waals surface area (Å²) in [5.41, 5.74) is 1.51. The number of carbonyl (C=O) groups excluding carboxylic acids is 1. The van der Waals surface area contributed by atoms with E-state index in [1.165, 1.54) is 6.33 Å². The van der Waals surface area contributed by atoms with Crippen LogP contribution in [-0.4, -0.2) is 68.9 Å². The van der Waals surface area contributed by atoms with Gasteiger partial charge in [-0.1, -0.05) is 0 Å². The zero-order valence-corrected chi connectivity index (χ0v) is 17.8. The highest BCUT2D eigenvalue weighted by atomic mass is 16.5. The van der Waals surface area contributed by atoms with Gasteiger partial charge in [-0.3, -0.25) is 14.4 Å². The van der Waals surface area contributed by atoms with Gasteiger partial charge in [-0.25, -0.2) is 9.97 Å². The predicted octanol–water partition coefficient (Wildman–Crippen LogP) is 2.28. The first kappa shape index (κ1) is 20.0. The maximum atomic E-state index is 13.1. The van der Waals surface area contributed by atoms with Crippen molar-refractivity contribution in [3.63, 3.8) is 0 Å². The molecule has 1 aliphatic carbocycles. The number of ether oxygens (including phenoxy) is 1. The number of hydrogen-bond donors (Lipinski definition) is 2. The Balaban J connectivity index is 1.31. The summed E-state index contributed by atoms with van der Waals surface area (Å²) in [7, 11) is 0. The van der Waals surface area contributed by atoms with Crippen LogP contribution in [-0.2, 0) is 11.3 Å². The largest absolute Gasteiger partial charge is 0.442 e. The number of amides is 1.